The zero-order valence-corrected chi connectivity index (χ0v) is 17.9. The van der Waals surface area contributed by atoms with E-state index in [1.165, 1.54) is 6.33 Å². The van der Waals surface area contributed by atoms with Gasteiger partial charge in [-0.15, -0.1) is 0 Å². The van der Waals surface area contributed by atoms with Gasteiger partial charge in [0.25, 0.3) is 0 Å². The fourth-order valence-corrected chi connectivity index (χ4v) is 3.96. The van der Waals surface area contributed by atoms with Crippen molar-refractivity contribution < 1.29 is 4.74 Å². The van der Waals surface area contributed by atoms with Crippen molar-refractivity contribution in [1.29, 1.82) is 0 Å². The predicted octanol–water partition coefficient (Wildman–Crippen LogP) is 3.72. The van der Waals surface area contributed by atoms with Crippen LogP contribution in [-0.4, -0.2) is 41.6 Å². The van der Waals surface area contributed by atoms with Crippen LogP contribution in [-0.2, 0) is 0 Å². The van der Waals surface area contributed by atoms with Gasteiger partial charge in [-0.1, -0.05) is 11.6 Å². The van der Waals surface area contributed by atoms with E-state index >= 15 is 0 Å². The number of nitrogens with two attached hydrogens (primary N) is 1. The molecule has 4 heterocycles. The molecular weight excluding hydrogens is 416 g/mol. The lowest BCUT2D eigenvalue weighted by atomic mass is 10.1. The van der Waals surface area contributed by atoms with Gasteiger partial charge < -0.3 is 10.5 Å². The first-order chi connectivity index (χ1) is 15.0. The molecule has 0 saturated heterocycles. The minimum absolute atomic E-state index is 0.221. The average Bonchev–Trinajstić information content (AvgIpc) is 3.32. The van der Waals surface area contributed by atoms with Crippen LogP contribution in [0.3, 0.4) is 0 Å². The Balaban J connectivity index is 1.71. The molecule has 156 valence electrons. The van der Waals surface area contributed by atoms with Gasteiger partial charge in [-0.25, -0.2) is 24.3 Å². The number of hydrogen-bond acceptors (Lipinski definition) is 7. The van der Waals surface area contributed by atoms with Crippen LogP contribution in [0, 0.1) is 6.92 Å². The van der Waals surface area contributed by atoms with Gasteiger partial charge in [-0.05, 0) is 38.1 Å². The highest BCUT2D eigenvalue weighted by Gasteiger charge is 2.23. The van der Waals surface area contributed by atoms with Crippen LogP contribution < -0.4 is 10.5 Å². The van der Waals surface area contributed by atoms with E-state index in [4.69, 9.17) is 27.2 Å². The number of fused-ring (bicyclic) bond motifs is 2. The lowest BCUT2D eigenvalue weighted by Crippen LogP contribution is -2.11. The molecule has 0 aliphatic heterocycles. The van der Waals surface area contributed by atoms with E-state index in [9.17, 15) is 0 Å². The van der Waals surface area contributed by atoms with Crippen LogP contribution in [0.4, 0.5) is 5.82 Å². The van der Waals surface area contributed by atoms with Gasteiger partial charge in [0.15, 0.2) is 5.65 Å². The first-order valence-electron chi connectivity index (χ1n) is 9.62. The molecule has 31 heavy (non-hydrogen) atoms. The molecule has 1 atom stereocenters. The van der Waals surface area contributed by atoms with Gasteiger partial charge in [0.1, 0.15) is 12.1 Å². The lowest BCUT2D eigenvalue weighted by molar-refractivity contribution is 0.397. The van der Waals surface area contributed by atoms with Crippen LogP contribution >= 0.6 is 11.6 Å². The summed E-state index contributed by atoms with van der Waals surface area (Å²) in [6.45, 7) is 3.92. The molecule has 0 amide bonds. The van der Waals surface area contributed by atoms with Gasteiger partial charge in [0.2, 0.25) is 5.88 Å². The Morgan fingerprint density at radius 1 is 1.10 bits per heavy atom. The smallest absolute Gasteiger partial charge is 0.213 e. The van der Waals surface area contributed by atoms with E-state index in [1.54, 1.807) is 19.4 Å². The number of methoxy groups -OCH3 is 1. The summed E-state index contributed by atoms with van der Waals surface area (Å²) in [4.78, 5) is 12.8. The molecule has 1 unspecified atom stereocenters. The van der Waals surface area contributed by atoms with Crippen LogP contribution in [0.2, 0.25) is 5.02 Å². The molecule has 0 radical (unpaired) electrons. The van der Waals surface area contributed by atoms with E-state index < -0.39 is 0 Å². The third-order valence-corrected chi connectivity index (χ3v) is 5.54. The van der Waals surface area contributed by atoms with E-state index in [0.717, 1.165) is 33.4 Å². The molecule has 0 aliphatic carbocycles. The molecule has 1 aromatic carbocycles. The Bertz CT molecular complexity index is 1420. The molecule has 0 spiro atoms. The molecular formula is C21H19ClN8O. The van der Waals surface area contributed by atoms with E-state index in [0.29, 0.717) is 22.4 Å². The molecule has 4 aromatic heterocycles. The second kappa shape index (κ2) is 7.21. The molecule has 0 saturated carbocycles. The molecule has 0 fully saturated rings. The van der Waals surface area contributed by atoms with Crippen molar-refractivity contribution in [3.8, 4) is 11.6 Å². The fourth-order valence-electron chi connectivity index (χ4n) is 3.79. The summed E-state index contributed by atoms with van der Waals surface area (Å²) in [5.41, 5.74) is 9.98. The van der Waals surface area contributed by atoms with Gasteiger partial charge in [0.05, 0.1) is 47.3 Å². The highest BCUT2D eigenvalue weighted by molar-refractivity contribution is 6.31. The predicted molar refractivity (Wildman–Crippen MR) is 119 cm³/mol. The summed E-state index contributed by atoms with van der Waals surface area (Å²) < 4.78 is 8.82. The van der Waals surface area contributed by atoms with Crippen molar-refractivity contribution in [2.75, 3.05) is 12.8 Å². The van der Waals surface area contributed by atoms with Crippen LogP contribution in [0.15, 0.2) is 42.9 Å². The third kappa shape index (κ3) is 3.05. The van der Waals surface area contributed by atoms with Crippen molar-refractivity contribution in [2.45, 2.75) is 19.9 Å². The van der Waals surface area contributed by atoms with Crippen molar-refractivity contribution in [3.05, 3.63) is 59.3 Å². The first kappa shape index (κ1) is 19.3. The maximum Gasteiger partial charge on any atom is 0.213 e. The summed E-state index contributed by atoms with van der Waals surface area (Å²) in [5.74, 6) is 0.940. The highest BCUT2D eigenvalue weighted by Crippen LogP contribution is 2.32. The summed E-state index contributed by atoms with van der Waals surface area (Å²) in [5, 5.41) is 11.9. The largest absolute Gasteiger partial charge is 0.481 e. The monoisotopic (exact) mass is 434 g/mol. The van der Waals surface area contributed by atoms with Gasteiger partial charge in [-0.2, -0.15) is 10.2 Å². The Hall–Kier alpha value is -3.72. The Kier molecular flexibility index (Phi) is 4.48. The lowest BCUT2D eigenvalue weighted by Gasteiger charge is -2.11. The standard InChI is InChI=1S/C21H19ClN8O/c1-11-18-20(23)25-10-26-21(18)29(27-11)12(2)19-15-6-4-13(22)8-16(15)30(28-19)14-5-7-17(31-3)24-9-14/h4-10,12H,1-3H3,(H2,23,25,26). The third-order valence-electron chi connectivity index (χ3n) is 5.30. The molecule has 0 aliphatic rings. The second-order valence-corrected chi connectivity index (χ2v) is 7.62. The molecule has 10 heteroatoms. The number of ether oxygens (including phenoxy) is 1. The Morgan fingerprint density at radius 2 is 1.94 bits per heavy atom. The number of halogens is 1. The average molecular weight is 435 g/mol. The minimum atomic E-state index is -0.221. The van der Waals surface area contributed by atoms with E-state index in [2.05, 4.69) is 20.1 Å². The number of rotatable bonds is 4. The Morgan fingerprint density at radius 3 is 2.68 bits per heavy atom. The first-order valence-corrected chi connectivity index (χ1v) is 9.99. The maximum absolute atomic E-state index is 6.31. The number of hydrogen-bond donors (Lipinski definition) is 1. The fraction of sp³-hybridized carbons (Fsp3) is 0.190. The van der Waals surface area contributed by atoms with Crippen LogP contribution in [0.25, 0.3) is 27.6 Å². The number of pyridine rings is 1. The van der Waals surface area contributed by atoms with E-state index in [1.807, 2.05) is 47.5 Å². The zero-order chi connectivity index (χ0) is 21.7. The van der Waals surface area contributed by atoms with Gasteiger partial charge in [0, 0.05) is 16.5 Å². The summed E-state index contributed by atoms with van der Waals surface area (Å²) in [7, 11) is 1.58. The van der Waals surface area contributed by atoms with Crippen molar-refractivity contribution in [1.82, 2.24) is 34.5 Å². The minimum Gasteiger partial charge on any atom is -0.481 e. The highest BCUT2D eigenvalue weighted by atomic mass is 35.5. The van der Waals surface area contributed by atoms with Gasteiger partial charge >= 0.3 is 0 Å². The quantitative estimate of drug-likeness (QED) is 0.459. The second-order valence-electron chi connectivity index (χ2n) is 7.18. The molecule has 0 bridgehead atoms. The Labute approximate surface area is 182 Å². The molecule has 5 rings (SSSR count). The normalized spacial score (nSPS) is 12.5. The number of nitrogen functional groups attached to an aromatic ring is 1. The number of aromatic nitrogens is 7. The zero-order valence-electron chi connectivity index (χ0n) is 17.1. The number of aryl methyl sites for hydroxylation is 1. The summed E-state index contributed by atoms with van der Waals surface area (Å²) >= 11 is 6.31. The summed E-state index contributed by atoms with van der Waals surface area (Å²) in [6, 6.07) is 9.17. The topological polar surface area (TPSA) is 110 Å². The van der Waals surface area contributed by atoms with Crippen molar-refractivity contribution in [3.63, 3.8) is 0 Å². The van der Waals surface area contributed by atoms with Crippen LogP contribution in [0.1, 0.15) is 24.4 Å². The molecule has 9 nitrogen and oxygen atoms in total. The maximum atomic E-state index is 6.31. The number of anilines is 1. The van der Waals surface area contributed by atoms with Crippen LogP contribution in [0.5, 0.6) is 5.88 Å². The molecule has 5 aromatic rings. The van der Waals surface area contributed by atoms with Crippen molar-refractivity contribution >= 4 is 39.4 Å². The SMILES string of the molecule is COc1ccc(-n2nc(C(C)n3nc(C)c4c(N)ncnc43)c3ccc(Cl)cc32)cn1. The number of nitrogens with zero attached hydrogens (tertiary/aromatic N) is 7. The summed E-state index contributed by atoms with van der Waals surface area (Å²) in [6.07, 6.45) is 3.16. The van der Waals surface area contributed by atoms with Gasteiger partial charge in [-0.3, -0.25) is 0 Å². The molecule has 2 N–H and O–H groups in total. The van der Waals surface area contributed by atoms with Crippen molar-refractivity contribution in [2.24, 2.45) is 0 Å². The van der Waals surface area contributed by atoms with E-state index in [-0.39, 0.29) is 6.04 Å². The number of benzene rings is 1.